The molecule has 0 aliphatic carbocycles. The fourth-order valence-electron chi connectivity index (χ4n) is 1.31. The predicted molar refractivity (Wildman–Crippen MR) is 49.9 cm³/mol. The van der Waals surface area contributed by atoms with Gasteiger partial charge >= 0.3 is 0 Å². The molecule has 0 spiro atoms. The van der Waals surface area contributed by atoms with Gasteiger partial charge in [-0.1, -0.05) is 19.1 Å². The van der Waals surface area contributed by atoms with Crippen LogP contribution >= 0.6 is 0 Å². The van der Waals surface area contributed by atoms with Crippen molar-refractivity contribution < 1.29 is 13.9 Å². The zero-order valence-corrected chi connectivity index (χ0v) is 7.93. The minimum Gasteiger partial charge on any atom is -0.394 e. The molecule has 0 aromatic heterocycles. The van der Waals surface area contributed by atoms with Crippen LogP contribution in [0.4, 0.5) is 8.78 Å². The third kappa shape index (κ3) is 2.27. The van der Waals surface area contributed by atoms with Crippen molar-refractivity contribution in [2.24, 2.45) is 0 Å². The van der Waals surface area contributed by atoms with E-state index in [1.807, 2.05) is 6.92 Å². The Morgan fingerprint density at radius 2 is 2.14 bits per heavy atom. The zero-order valence-electron chi connectivity index (χ0n) is 7.93. The van der Waals surface area contributed by atoms with Gasteiger partial charge in [0.1, 0.15) is 0 Å². The van der Waals surface area contributed by atoms with E-state index in [4.69, 9.17) is 5.11 Å². The molecule has 0 aliphatic rings. The van der Waals surface area contributed by atoms with Crippen molar-refractivity contribution >= 4 is 0 Å². The van der Waals surface area contributed by atoms with Crippen LogP contribution in [0, 0.1) is 11.6 Å². The monoisotopic (exact) mass is 201 g/mol. The van der Waals surface area contributed by atoms with Crippen molar-refractivity contribution in [1.82, 2.24) is 5.32 Å². The molecular formula is C10H13F2NO. The van der Waals surface area contributed by atoms with E-state index in [2.05, 4.69) is 5.32 Å². The topological polar surface area (TPSA) is 32.3 Å². The summed E-state index contributed by atoms with van der Waals surface area (Å²) < 4.78 is 26.1. The fraction of sp³-hybridized carbons (Fsp3) is 0.400. The number of likely N-dealkylation sites (N-methyl/N-ethyl adjacent to an activating group) is 1. The van der Waals surface area contributed by atoms with E-state index in [9.17, 15) is 8.78 Å². The van der Waals surface area contributed by atoms with Crippen molar-refractivity contribution in [2.45, 2.75) is 13.0 Å². The molecule has 0 saturated carbocycles. The van der Waals surface area contributed by atoms with Gasteiger partial charge in [0.15, 0.2) is 11.6 Å². The molecule has 0 aliphatic heterocycles. The highest BCUT2D eigenvalue weighted by atomic mass is 19.2. The summed E-state index contributed by atoms with van der Waals surface area (Å²) in [6, 6.07) is 3.39. The number of hydrogen-bond acceptors (Lipinski definition) is 2. The molecule has 1 rings (SSSR count). The summed E-state index contributed by atoms with van der Waals surface area (Å²) >= 11 is 0. The maximum Gasteiger partial charge on any atom is 0.163 e. The number of nitrogens with one attached hydrogen (secondary N) is 1. The molecule has 2 nitrogen and oxygen atoms in total. The van der Waals surface area contributed by atoms with E-state index in [0.29, 0.717) is 6.54 Å². The molecule has 2 N–H and O–H groups in total. The zero-order chi connectivity index (χ0) is 10.6. The molecule has 0 amide bonds. The van der Waals surface area contributed by atoms with E-state index in [1.54, 1.807) is 0 Å². The Hall–Kier alpha value is -1.00. The molecule has 0 saturated heterocycles. The number of aliphatic hydroxyl groups excluding tert-OH is 1. The van der Waals surface area contributed by atoms with Gasteiger partial charge in [-0.05, 0) is 12.6 Å². The maximum atomic E-state index is 13.2. The van der Waals surface area contributed by atoms with Gasteiger partial charge in [0.25, 0.3) is 0 Å². The standard InChI is InChI=1S/C10H13F2NO/c1-2-13-9(6-14)7-4-3-5-8(11)10(7)12/h3-5,9,13-14H,2,6H2,1H3. The fourth-order valence-corrected chi connectivity index (χ4v) is 1.31. The summed E-state index contributed by atoms with van der Waals surface area (Å²) in [7, 11) is 0. The molecule has 1 aromatic rings. The van der Waals surface area contributed by atoms with Gasteiger partial charge in [0.05, 0.1) is 12.6 Å². The quantitative estimate of drug-likeness (QED) is 0.775. The van der Waals surface area contributed by atoms with Gasteiger partial charge in [-0.15, -0.1) is 0 Å². The second-order valence-corrected chi connectivity index (χ2v) is 2.94. The lowest BCUT2D eigenvalue weighted by atomic mass is 10.1. The molecule has 1 unspecified atom stereocenters. The van der Waals surface area contributed by atoms with Gasteiger partial charge in [0, 0.05) is 5.56 Å². The summed E-state index contributed by atoms with van der Waals surface area (Å²) in [5, 5.41) is 11.8. The summed E-state index contributed by atoms with van der Waals surface area (Å²) in [4.78, 5) is 0. The van der Waals surface area contributed by atoms with E-state index < -0.39 is 17.7 Å². The number of hydrogen-bond donors (Lipinski definition) is 2. The Bertz CT molecular complexity index is 304. The van der Waals surface area contributed by atoms with Crippen molar-refractivity contribution in [3.63, 3.8) is 0 Å². The summed E-state index contributed by atoms with van der Waals surface area (Å²) in [6.45, 7) is 2.16. The van der Waals surface area contributed by atoms with Crippen LogP contribution in [0.3, 0.4) is 0 Å². The molecule has 1 atom stereocenters. The molecular weight excluding hydrogens is 188 g/mol. The average molecular weight is 201 g/mol. The number of rotatable bonds is 4. The van der Waals surface area contributed by atoms with Crippen LogP contribution in [0.2, 0.25) is 0 Å². The first kappa shape index (κ1) is 11.1. The largest absolute Gasteiger partial charge is 0.394 e. The predicted octanol–water partition coefficient (Wildman–Crippen LogP) is 1.61. The summed E-state index contributed by atoms with van der Waals surface area (Å²) in [6.07, 6.45) is 0. The Morgan fingerprint density at radius 1 is 1.43 bits per heavy atom. The van der Waals surface area contributed by atoms with Crippen LogP contribution in [0.15, 0.2) is 18.2 Å². The minimum atomic E-state index is -0.896. The highest BCUT2D eigenvalue weighted by molar-refractivity contribution is 5.22. The molecule has 1 aromatic carbocycles. The Morgan fingerprint density at radius 3 is 2.71 bits per heavy atom. The normalized spacial score (nSPS) is 12.9. The Balaban J connectivity index is 2.97. The highest BCUT2D eigenvalue weighted by Crippen LogP contribution is 2.18. The SMILES string of the molecule is CCNC(CO)c1cccc(F)c1F. The first-order valence-electron chi connectivity index (χ1n) is 4.48. The van der Waals surface area contributed by atoms with Crippen LogP contribution in [0.1, 0.15) is 18.5 Å². The lowest BCUT2D eigenvalue weighted by molar-refractivity contribution is 0.242. The van der Waals surface area contributed by atoms with Gasteiger partial charge in [-0.2, -0.15) is 0 Å². The lowest BCUT2D eigenvalue weighted by Gasteiger charge is -2.16. The van der Waals surface area contributed by atoms with Crippen LogP contribution < -0.4 is 5.32 Å². The Labute approximate surface area is 81.6 Å². The molecule has 0 bridgehead atoms. The highest BCUT2D eigenvalue weighted by Gasteiger charge is 2.15. The molecule has 14 heavy (non-hydrogen) atoms. The molecule has 0 radical (unpaired) electrons. The molecule has 78 valence electrons. The van der Waals surface area contributed by atoms with E-state index in [1.165, 1.54) is 12.1 Å². The van der Waals surface area contributed by atoms with Crippen molar-refractivity contribution in [1.29, 1.82) is 0 Å². The van der Waals surface area contributed by atoms with E-state index in [-0.39, 0.29) is 12.2 Å². The van der Waals surface area contributed by atoms with E-state index >= 15 is 0 Å². The minimum absolute atomic E-state index is 0.161. The molecule has 4 heteroatoms. The van der Waals surface area contributed by atoms with Gasteiger partial charge in [0.2, 0.25) is 0 Å². The third-order valence-corrected chi connectivity index (χ3v) is 1.99. The third-order valence-electron chi connectivity index (χ3n) is 1.99. The second kappa shape index (κ2) is 5.02. The summed E-state index contributed by atoms with van der Waals surface area (Å²) in [5.41, 5.74) is 0.161. The van der Waals surface area contributed by atoms with Crippen LogP contribution in [0.5, 0.6) is 0 Å². The van der Waals surface area contributed by atoms with Crippen molar-refractivity contribution in [3.8, 4) is 0 Å². The van der Waals surface area contributed by atoms with Crippen LogP contribution in [0.25, 0.3) is 0 Å². The van der Waals surface area contributed by atoms with Crippen LogP contribution in [-0.2, 0) is 0 Å². The molecule has 0 fully saturated rings. The van der Waals surface area contributed by atoms with Crippen LogP contribution in [-0.4, -0.2) is 18.3 Å². The van der Waals surface area contributed by atoms with Gasteiger partial charge in [-0.25, -0.2) is 8.78 Å². The number of aliphatic hydroxyl groups is 1. The first-order chi connectivity index (χ1) is 6.70. The molecule has 0 heterocycles. The van der Waals surface area contributed by atoms with Crippen molar-refractivity contribution in [3.05, 3.63) is 35.4 Å². The van der Waals surface area contributed by atoms with Crippen molar-refractivity contribution in [2.75, 3.05) is 13.2 Å². The van der Waals surface area contributed by atoms with Gasteiger partial charge in [-0.3, -0.25) is 0 Å². The first-order valence-corrected chi connectivity index (χ1v) is 4.48. The van der Waals surface area contributed by atoms with E-state index in [0.717, 1.165) is 6.07 Å². The lowest BCUT2D eigenvalue weighted by Crippen LogP contribution is -2.25. The number of benzene rings is 1. The number of halogens is 2. The summed E-state index contributed by atoms with van der Waals surface area (Å²) in [5.74, 6) is -1.79. The average Bonchev–Trinajstić information content (AvgIpc) is 2.19. The smallest absolute Gasteiger partial charge is 0.163 e. The maximum absolute atomic E-state index is 13.2. The second-order valence-electron chi connectivity index (χ2n) is 2.94. The Kier molecular flexibility index (Phi) is 3.98. The van der Waals surface area contributed by atoms with Gasteiger partial charge < -0.3 is 10.4 Å².